The number of hydrogen-bond donors (Lipinski definition) is 0. The molecule has 3 unspecified atom stereocenters. The topological polar surface area (TPSA) is 48.0 Å². The molecule has 3 atom stereocenters. The maximum atomic E-state index is 13.0. The molecule has 1 saturated heterocycles. The standard InChI is InChI=1S/C23H34FNO4/c1-15(26)29-20-12-19-18-11-22(28-5)21(27-4)10-16(18)6-9-25(19)14-17(20)13-23(2,3)7-8-24/h10-11,17,19-20H,6-9,12-14H2,1-5H3. The lowest BCUT2D eigenvalue weighted by Crippen LogP contribution is -2.50. The molecule has 0 bridgehead atoms. The SMILES string of the molecule is COc1cc2c(cc1OC)C1CC(OC(C)=O)C(CC(C)(C)CCF)CN1CC2. The van der Waals surface area contributed by atoms with Crippen molar-refractivity contribution in [1.29, 1.82) is 0 Å². The van der Waals surface area contributed by atoms with Crippen LogP contribution in [-0.2, 0) is 16.0 Å². The van der Waals surface area contributed by atoms with Gasteiger partial charge in [0.1, 0.15) is 6.10 Å². The van der Waals surface area contributed by atoms with E-state index in [0.29, 0.717) is 6.42 Å². The number of halogens is 1. The Labute approximate surface area is 173 Å². The van der Waals surface area contributed by atoms with Gasteiger partial charge in [-0.3, -0.25) is 14.1 Å². The third kappa shape index (κ3) is 4.85. The van der Waals surface area contributed by atoms with Gasteiger partial charge < -0.3 is 14.2 Å². The Morgan fingerprint density at radius 3 is 2.55 bits per heavy atom. The van der Waals surface area contributed by atoms with Gasteiger partial charge in [0.2, 0.25) is 0 Å². The van der Waals surface area contributed by atoms with Gasteiger partial charge >= 0.3 is 5.97 Å². The van der Waals surface area contributed by atoms with Gasteiger partial charge in [-0.05, 0) is 47.9 Å². The number of fused-ring (bicyclic) bond motifs is 3. The first kappa shape index (κ1) is 21.9. The molecule has 2 aliphatic heterocycles. The van der Waals surface area contributed by atoms with Gasteiger partial charge in [0, 0.05) is 38.4 Å². The second-order valence-electron chi connectivity index (χ2n) is 9.12. The minimum absolute atomic E-state index is 0.116. The molecular weight excluding hydrogens is 373 g/mol. The summed E-state index contributed by atoms with van der Waals surface area (Å²) in [6.45, 7) is 7.17. The maximum Gasteiger partial charge on any atom is 0.302 e. The van der Waals surface area contributed by atoms with Crippen LogP contribution >= 0.6 is 0 Å². The van der Waals surface area contributed by atoms with Crippen LogP contribution in [0.4, 0.5) is 4.39 Å². The van der Waals surface area contributed by atoms with Crippen LogP contribution in [0.5, 0.6) is 11.5 Å². The number of ether oxygens (including phenoxy) is 3. The number of hydrogen-bond acceptors (Lipinski definition) is 5. The van der Waals surface area contributed by atoms with Crippen LogP contribution in [0.15, 0.2) is 12.1 Å². The van der Waals surface area contributed by atoms with Crippen molar-refractivity contribution >= 4 is 5.97 Å². The molecule has 0 radical (unpaired) electrons. The van der Waals surface area contributed by atoms with E-state index in [0.717, 1.165) is 43.9 Å². The largest absolute Gasteiger partial charge is 0.493 e. The fraction of sp³-hybridized carbons (Fsp3) is 0.696. The molecule has 1 fully saturated rings. The molecule has 2 aliphatic rings. The zero-order valence-electron chi connectivity index (χ0n) is 18.3. The van der Waals surface area contributed by atoms with Crippen molar-refractivity contribution in [2.24, 2.45) is 11.3 Å². The van der Waals surface area contributed by atoms with E-state index in [1.54, 1.807) is 14.2 Å². The molecule has 6 heteroatoms. The zero-order valence-corrected chi connectivity index (χ0v) is 18.3. The van der Waals surface area contributed by atoms with Crippen molar-refractivity contribution in [1.82, 2.24) is 4.90 Å². The van der Waals surface area contributed by atoms with Crippen LogP contribution in [-0.4, -0.2) is 51.0 Å². The molecule has 0 saturated carbocycles. The van der Waals surface area contributed by atoms with E-state index in [2.05, 4.69) is 30.9 Å². The number of rotatable bonds is 7. The Kier molecular flexibility index (Phi) is 6.72. The lowest BCUT2D eigenvalue weighted by atomic mass is 9.73. The predicted octanol–water partition coefficient (Wildman–Crippen LogP) is 4.33. The van der Waals surface area contributed by atoms with Gasteiger partial charge in [-0.15, -0.1) is 0 Å². The quantitative estimate of drug-likeness (QED) is 0.630. The second-order valence-corrected chi connectivity index (χ2v) is 9.12. The first-order valence-corrected chi connectivity index (χ1v) is 10.5. The third-order valence-electron chi connectivity index (χ3n) is 6.47. The Balaban J connectivity index is 1.88. The smallest absolute Gasteiger partial charge is 0.302 e. The fourth-order valence-electron chi connectivity index (χ4n) is 5.03. The number of nitrogens with zero attached hydrogens (tertiary/aromatic N) is 1. The van der Waals surface area contributed by atoms with Gasteiger partial charge in [0.15, 0.2) is 11.5 Å². The van der Waals surface area contributed by atoms with Crippen molar-refractivity contribution < 1.29 is 23.4 Å². The molecule has 0 amide bonds. The summed E-state index contributed by atoms with van der Waals surface area (Å²) in [5.74, 6) is 1.43. The Hall–Kier alpha value is -1.82. The van der Waals surface area contributed by atoms with E-state index in [4.69, 9.17) is 14.2 Å². The zero-order chi connectivity index (χ0) is 21.2. The highest BCUT2D eigenvalue weighted by Gasteiger charge is 2.42. The molecule has 0 spiro atoms. The third-order valence-corrected chi connectivity index (χ3v) is 6.47. The van der Waals surface area contributed by atoms with Crippen LogP contribution in [0.2, 0.25) is 0 Å². The molecule has 0 aromatic heterocycles. The monoisotopic (exact) mass is 407 g/mol. The van der Waals surface area contributed by atoms with Crippen molar-refractivity contribution in [3.8, 4) is 11.5 Å². The highest BCUT2D eigenvalue weighted by molar-refractivity contribution is 5.66. The summed E-state index contributed by atoms with van der Waals surface area (Å²) in [5.41, 5.74) is 2.38. The van der Waals surface area contributed by atoms with E-state index in [1.165, 1.54) is 18.1 Å². The maximum absolute atomic E-state index is 13.0. The Morgan fingerprint density at radius 1 is 1.24 bits per heavy atom. The summed E-state index contributed by atoms with van der Waals surface area (Å²) in [6, 6.07) is 4.33. The van der Waals surface area contributed by atoms with E-state index < -0.39 is 0 Å². The van der Waals surface area contributed by atoms with Crippen molar-refractivity contribution in [2.75, 3.05) is 34.0 Å². The number of esters is 1. The summed E-state index contributed by atoms with van der Waals surface area (Å²) in [7, 11) is 3.30. The van der Waals surface area contributed by atoms with Crippen molar-refractivity contribution in [2.45, 2.75) is 58.6 Å². The van der Waals surface area contributed by atoms with Crippen LogP contribution in [0.25, 0.3) is 0 Å². The number of methoxy groups -OCH3 is 2. The van der Waals surface area contributed by atoms with Gasteiger partial charge in [0.25, 0.3) is 0 Å². The number of benzene rings is 1. The van der Waals surface area contributed by atoms with E-state index >= 15 is 0 Å². The first-order valence-electron chi connectivity index (χ1n) is 10.5. The summed E-state index contributed by atoms with van der Waals surface area (Å²) in [5, 5.41) is 0. The number of alkyl halides is 1. The molecule has 0 aliphatic carbocycles. The summed E-state index contributed by atoms with van der Waals surface area (Å²) in [4.78, 5) is 14.3. The van der Waals surface area contributed by atoms with E-state index in [9.17, 15) is 9.18 Å². The molecule has 2 heterocycles. The molecule has 1 aromatic carbocycles. The predicted molar refractivity (Wildman–Crippen MR) is 110 cm³/mol. The van der Waals surface area contributed by atoms with E-state index in [1.807, 2.05) is 0 Å². The van der Waals surface area contributed by atoms with E-state index in [-0.39, 0.29) is 36.1 Å². The van der Waals surface area contributed by atoms with Crippen LogP contribution < -0.4 is 9.47 Å². The van der Waals surface area contributed by atoms with Gasteiger partial charge in [-0.25, -0.2) is 0 Å². The molecule has 162 valence electrons. The Bertz CT molecular complexity index is 736. The van der Waals surface area contributed by atoms with Gasteiger partial charge in [-0.2, -0.15) is 0 Å². The van der Waals surface area contributed by atoms with Crippen molar-refractivity contribution in [3.05, 3.63) is 23.3 Å². The van der Waals surface area contributed by atoms with Crippen molar-refractivity contribution in [3.63, 3.8) is 0 Å². The molecule has 0 N–H and O–H groups in total. The number of carbonyl (C=O) groups excluding carboxylic acids is 1. The average molecular weight is 408 g/mol. The van der Waals surface area contributed by atoms with Gasteiger partial charge in [0.05, 0.1) is 20.9 Å². The molecule has 1 aromatic rings. The summed E-state index contributed by atoms with van der Waals surface area (Å²) in [6.07, 6.45) is 2.91. The lowest BCUT2D eigenvalue weighted by molar-refractivity contribution is -0.155. The first-order chi connectivity index (χ1) is 13.8. The molecule has 5 nitrogen and oxygen atoms in total. The molecular formula is C23H34FNO4. The van der Waals surface area contributed by atoms with Crippen LogP contribution in [0.3, 0.4) is 0 Å². The Morgan fingerprint density at radius 2 is 1.93 bits per heavy atom. The molecule has 29 heavy (non-hydrogen) atoms. The van der Waals surface area contributed by atoms with Crippen LogP contribution in [0, 0.1) is 11.3 Å². The highest BCUT2D eigenvalue weighted by atomic mass is 19.1. The summed E-state index contributed by atoms with van der Waals surface area (Å²) < 4.78 is 29.8. The van der Waals surface area contributed by atoms with Crippen LogP contribution in [0.1, 0.15) is 57.2 Å². The van der Waals surface area contributed by atoms with Gasteiger partial charge in [-0.1, -0.05) is 13.8 Å². The normalized spacial score (nSPS) is 24.4. The number of piperidine rings is 1. The highest BCUT2D eigenvalue weighted by Crippen LogP contribution is 2.45. The molecule has 3 rings (SSSR count). The second kappa shape index (κ2) is 8.90. The number of carbonyl (C=O) groups is 1. The average Bonchev–Trinajstić information content (AvgIpc) is 2.66. The minimum Gasteiger partial charge on any atom is -0.493 e. The minimum atomic E-state index is -0.320. The summed E-state index contributed by atoms with van der Waals surface area (Å²) >= 11 is 0. The lowest BCUT2D eigenvalue weighted by Gasteiger charge is -2.48. The fourth-order valence-corrected chi connectivity index (χ4v) is 5.03.